The quantitative estimate of drug-likeness (QED) is 0.590. The summed E-state index contributed by atoms with van der Waals surface area (Å²) in [5, 5.41) is 3.98. The van der Waals surface area contributed by atoms with Gasteiger partial charge in [0.25, 0.3) is 0 Å². The van der Waals surface area contributed by atoms with Gasteiger partial charge in [-0.2, -0.15) is 18.3 Å². The summed E-state index contributed by atoms with van der Waals surface area (Å²) in [5.74, 6) is 0. The van der Waals surface area contributed by atoms with E-state index in [-0.39, 0.29) is 5.41 Å². The van der Waals surface area contributed by atoms with Gasteiger partial charge in [0.15, 0.2) is 0 Å². The van der Waals surface area contributed by atoms with Crippen molar-refractivity contribution >= 4 is 11.9 Å². The van der Waals surface area contributed by atoms with Gasteiger partial charge in [-0.05, 0) is 34.7 Å². The Morgan fingerprint density at radius 3 is 2.13 bits per heavy atom. The largest absolute Gasteiger partial charge is 0.416 e. The zero-order valence-corrected chi connectivity index (χ0v) is 13.3. The van der Waals surface area contributed by atoms with Gasteiger partial charge in [-0.25, -0.2) is 0 Å². The number of halogens is 3. The summed E-state index contributed by atoms with van der Waals surface area (Å²) in [6.07, 6.45) is -2.78. The Morgan fingerprint density at radius 2 is 1.57 bits per heavy atom. The average Bonchev–Trinajstić information content (AvgIpc) is 2.46. The van der Waals surface area contributed by atoms with Crippen molar-refractivity contribution in [3.8, 4) is 0 Å². The smallest absolute Gasteiger partial charge is 0.278 e. The summed E-state index contributed by atoms with van der Waals surface area (Å²) in [6.45, 7) is 6.39. The highest BCUT2D eigenvalue weighted by molar-refractivity contribution is 5.80. The summed E-state index contributed by atoms with van der Waals surface area (Å²) in [5.41, 5.74) is 4.37. The Hall–Kier alpha value is -2.30. The van der Waals surface area contributed by atoms with Gasteiger partial charge in [-0.3, -0.25) is 5.43 Å². The molecule has 0 unspecified atom stereocenters. The lowest BCUT2D eigenvalue weighted by molar-refractivity contribution is -0.137. The third-order valence-corrected chi connectivity index (χ3v) is 3.37. The number of hydrogen-bond acceptors (Lipinski definition) is 2. The van der Waals surface area contributed by atoms with Gasteiger partial charge < -0.3 is 0 Å². The van der Waals surface area contributed by atoms with Crippen molar-refractivity contribution in [3.63, 3.8) is 0 Å². The molecule has 0 fully saturated rings. The summed E-state index contributed by atoms with van der Waals surface area (Å²) in [7, 11) is 0. The first-order valence-corrected chi connectivity index (χ1v) is 7.23. The van der Waals surface area contributed by atoms with Gasteiger partial charge in [0.1, 0.15) is 0 Å². The monoisotopic (exact) mass is 320 g/mol. The van der Waals surface area contributed by atoms with Crippen molar-refractivity contribution in [3.05, 3.63) is 65.2 Å². The van der Waals surface area contributed by atoms with Crippen molar-refractivity contribution in [1.29, 1.82) is 0 Å². The molecule has 2 rings (SSSR count). The van der Waals surface area contributed by atoms with E-state index < -0.39 is 11.7 Å². The predicted octanol–water partition coefficient (Wildman–Crippen LogP) is 5.45. The second kappa shape index (κ2) is 6.44. The van der Waals surface area contributed by atoms with Crippen molar-refractivity contribution in [1.82, 2.24) is 0 Å². The maximum absolute atomic E-state index is 12.6. The number of hydrazone groups is 1. The molecule has 0 saturated heterocycles. The zero-order chi connectivity index (χ0) is 17.1. The molecule has 0 heterocycles. The maximum atomic E-state index is 12.6. The third-order valence-electron chi connectivity index (χ3n) is 3.37. The standard InChI is InChI=1S/C18H19F3N2/c1-17(2,3)14-9-7-13(8-10-14)12-22-23-16-6-4-5-15(11-16)18(19,20)21/h4-12,23H,1-3H3. The Bertz CT molecular complexity index is 681. The van der Waals surface area contributed by atoms with Crippen molar-refractivity contribution in [2.75, 3.05) is 5.43 Å². The number of alkyl halides is 3. The van der Waals surface area contributed by atoms with Crippen LogP contribution in [0.15, 0.2) is 53.6 Å². The van der Waals surface area contributed by atoms with E-state index in [0.29, 0.717) is 5.69 Å². The Balaban J connectivity index is 2.05. The highest BCUT2D eigenvalue weighted by Crippen LogP contribution is 2.30. The van der Waals surface area contributed by atoms with Crippen LogP contribution in [0.4, 0.5) is 18.9 Å². The van der Waals surface area contributed by atoms with Crippen LogP contribution in [0.25, 0.3) is 0 Å². The topological polar surface area (TPSA) is 24.4 Å². The number of anilines is 1. The fourth-order valence-electron chi connectivity index (χ4n) is 2.02. The lowest BCUT2D eigenvalue weighted by Gasteiger charge is -2.18. The summed E-state index contributed by atoms with van der Waals surface area (Å²) in [4.78, 5) is 0. The molecule has 0 aliphatic rings. The molecule has 23 heavy (non-hydrogen) atoms. The SMILES string of the molecule is CC(C)(C)c1ccc(C=NNc2cccc(C(F)(F)F)c2)cc1. The first-order valence-electron chi connectivity index (χ1n) is 7.23. The molecule has 0 atom stereocenters. The summed E-state index contributed by atoms with van der Waals surface area (Å²) in [6, 6.07) is 12.8. The maximum Gasteiger partial charge on any atom is 0.416 e. The molecule has 5 heteroatoms. The van der Waals surface area contributed by atoms with E-state index >= 15 is 0 Å². The number of nitrogens with one attached hydrogen (secondary N) is 1. The van der Waals surface area contributed by atoms with Crippen LogP contribution in [0.5, 0.6) is 0 Å². The average molecular weight is 320 g/mol. The molecular weight excluding hydrogens is 301 g/mol. The lowest BCUT2D eigenvalue weighted by Crippen LogP contribution is -2.10. The van der Waals surface area contributed by atoms with Crippen LogP contribution in [0.1, 0.15) is 37.5 Å². The van der Waals surface area contributed by atoms with E-state index in [1.54, 1.807) is 6.21 Å². The normalized spacial score (nSPS) is 12.6. The minimum Gasteiger partial charge on any atom is -0.278 e. The molecule has 0 radical (unpaired) electrons. The first kappa shape index (κ1) is 17.1. The van der Waals surface area contributed by atoms with E-state index in [0.717, 1.165) is 17.7 Å². The van der Waals surface area contributed by atoms with Crippen LogP contribution in [-0.2, 0) is 11.6 Å². The minimum atomic E-state index is -4.36. The van der Waals surface area contributed by atoms with Gasteiger partial charge in [-0.1, -0.05) is 51.1 Å². The highest BCUT2D eigenvalue weighted by atomic mass is 19.4. The molecule has 2 aromatic carbocycles. The fourth-order valence-corrected chi connectivity index (χ4v) is 2.02. The molecule has 0 aromatic heterocycles. The molecule has 122 valence electrons. The number of benzene rings is 2. The lowest BCUT2D eigenvalue weighted by atomic mass is 9.87. The number of nitrogens with zero attached hydrogens (tertiary/aromatic N) is 1. The third kappa shape index (κ3) is 4.84. The molecule has 0 spiro atoms. The van der Waals surface area contributed by atoms with Crippen molar-refractivity contribution < 1.29 is 13.2 Å². The summed E-state index contributed by atoms with van der Waals surface area (Å²) < 4.78 is 37.9. The number of hydrogen-bond donors (Lipinski definition) is 1. The van der Waals surface area contributed by atoms with Crippen LogP contribution >= 0.6 is 0 Å². The van der Waals surface area contributed by atoms with E-state index in [1.807, 2.05) is 24.3 Å². The van der Waals surface area contributed by atoms with Gasteiger partial charge in [0.05, 0.1) is 17.5 Å². The Labute approximate surface area is 134 Å². The van der Waals surface area contributed by atoms with Gasteiger partial charge in [-0.15, -0.1) is 0 Å². The van der Waals surface area contributed by atoms with E-state index in [9.17, 15) is 13.2 Å². The second-order valence-corrected chi connectivity index (χ2v) is 6.32. The van der Waals surface area contributed by atoms with Crippen LogP contribution in [0, 0.1) is 0 Å². The van der Waals surface area contributed by atoms with E-state index in [2.05, 4.69) is 31.3 Å². The van der Waals surface area contributed by atoms with Gasteiger partial charge in [0.2, 0.25) is 0 Å². The van der Waals surface area contributed by atoms with E-state index in [1.165, 1.54) is 17.7 Å². The zero-order valence-electron chi connectivity index (χ0n) is 13.3. The van der Waals surface area contributed by atoms with Crippen LogP contribution in [0.2, 0.25) is 0 Å². The van der Waals surface area contributed by atoms with Crippen LogP contribution in [-0.4, -0.2) is 6.21 Å². The van der Waals surface area contributed by atoms with Gasteiger partial charge in [0, 0.05) is 0 Å². The molecular formula is C18H19F3N2. The fraction of sp³-hybridized carbons (Fsp3) is 0.278. The summed E-state index contributed by atoms with van der Waals surface area (Å²) >= 11 is 0. The predicted molar refractivity (Wildman–Crippen MR) is 87.8 cm³/mol. The Kier molecular flexibility index (Phi) is 4.78. The molecule has 0 aliphatic heterocycles. The second-order valence-electron chi connectivity index (χ2n) is 6.32. The molecule has 2 aromatic rings. The molecule has 0 saturated carbocycles. The molecule has 0 bridgehead atoms. The van der Waals surface area contributed by atoms with Crippen LogP contribution in [0.3, 0.4) is 0 Å². The minimum absolute atomic E-state index is 0.0754. The van der Waals surface area contributed by atoms with Gasteiger partial charge >= 0.3 is 6.18 Å². The Morgan fingerprint density at radius 1 is 0.913 bits per heavy atom. The molecule has 1 N–H and O–H groups in total. The van der Waals surface area contributed by atoms with Crippen molar-refractivity contribution in [2.45, 2.75) is 32.4 Å². The number of rotatable bonds is 3. The first-order chi connectivity index (χ1) is 10.7. The molecule has 2 nitrogen and oxygen atoms in total. The molecule has 0 amide bonds. The van der Waals surface area contributed by atoms with Crippen molar-refractivity contribution in [2.24, 2.45) is 5.10 Å². The molecule has 0 aliphatic carbocycles. The van der Waals surface area contributed by atoms with Crippen LogP contribution < -0.4 is 5.43 Å². The van der Waals surface area contributed by atoms with E-state index in [4.69, 9.17) is 0 Å². The highest BCUT2D eigenvalue weighted by Gasteiger charge is 2.30.